The van der Waals surface area contributed by atoms with Crippen molar-refractivity contribution >= 4 is 5.97 Å². The summed E-state index contributed by atoms with van der Waals surface area (Å²) in [6.45, 7) is 0. The zero-order valence-electron chi connectivity index (χ0n) is 9.82. The van der Waals surface area contributed by atoms with Crippen LogP contribution in [0, 0.1) is 0 Å². The molecule has 0 unspecified atom stereocenters. The van der Waals surface area contributed by atoms with Crippen LogP contribution in [0.15, 0.2) is 18.2 Å². The first-order valence-electron chi connectivity index (χ1n) is 5.13. The van der Waals surface area contributed by atoms with Gasteiger partial charge in [-0.1, -0.05) is 0 Å². The molecular formula is C11H6F8O2. The maximum atomic E-state index is 12.9. The molecule has 0 spiro atoms. The van der Waals surface area contributed by atoms with Crippen LogP contribution in [-0.4, -0.2) is 17.0 Å². The number of carboxylic acid groups (broad SMARTS) is 1. The molecule has 0 amide bonds. The lowest BCUT2D eigenvalue weighted by Crippen LogP contribution is -2.31. The van der Waals surface area contributed by atoms with Crippen molar-refractivity contribution < 1.29 is 45.0 Å². The molecule has 1 aromatic carbocycles. The van der Waals surface area contributed by atoms with Crippen LogP contribution in [0.1, 0.15) is 16.7 Å². The second-order valence-electron chi connectivity index (χ2n) is 4.10. The average Bonchev–Trinajstić information content (AvgIpc) is 2.25. The summed E-state index contributed by atoms with van der Waals surface area (Å²) in [5, 5.41) is 8.17. The van der Waals surface area contributed by atoms with Crippen molar-refractivity contribution in [2.45, 2.75) is 24.7 Å². The molecule has 0 heterocycles. The molecule has 0 saturated carbocycles. The lowest BCUT2D eigenvalue weighted by Gasteiger charge is -2.16. The van der Waals surface area contributed by atoms with Crippen LogP contribution in [0.4, 0.5) is 35.1 Å². The van der Waals surface area contributed by atoms with Gasteiger partial charge in [0.1, 0.15) is 0 Å². The number of rotatable bonds is 3. The first kappa shape index (κ1) is 17.2. The zero-order chi connectivity index (χ0) is 16.6. The fourth-order valence-electron chi connectivity index (χ4n) is 1.45. The smallest absolute Gasteiger partial charge is 0.416 e. The van der Waals surface area contributed by atoms with E-state index in [0.717, 1.165) is 0 Å². The number of hydrogen-bond donors (Lipinski definition) is 1. The summed E-state index contributed by atoms with van der Waals surface area (Å²) < 4.78 is 101. The molecule has 21 heavy (non-hydrogen) atoms. The molecule has 0 saturated heterocycles. The molecule has 10 heteroatoms. The minimum atomic E-state index is -5.19. The normalized spacial score (nSPS) is 13.3. The standard InChI is InChI=1S/C11H6F8O2/c12-9(13,8(20)21)4-5-1-6(10(14,15)16)3-7(2-5)11(17,18)19/h1-3H,4H2,(H,20,21). The van der Waals surface area contributed by atoms with Crippen molar-refractivity contribution in [2.75, 3.05) is 0 Å². The lowest BCUT2D eigenvalue weighted by atomic mass is 10.00. The summed E-state index contributed by atoms with van der Waals surface area (Å²) >= 11 is 0. The first-order valence-corrected chi connectivity index (χ1v) is 5.13. The minimum absolute atomic E-state index is 0.0616. The monoisotopic (exact) mass is 322 g/mol. The number of carbonyl (C=O) groups is 1. The van der Waals surface area contributed by atoms with Crippen molar-refractivity contribution in [1.82, 2.24) is 0 Å². The Balaban J connectivity index is 3.36. The molecule has 0 aromatic heterocycles. The van der Waals surface area contributed by atoms with E-state index < -0.39 is 47.4 Å². The van der Waals surface area contributed by atoms with Gasteiger partial charge in [-0.05, 0) is 23.8 Å². The third kappa shape index (κ3) is 4.30. The number of halogens is 8. The number of benzene rings is 1. The summed E-state index contributed by atoms with van der Waals surface area (Å²) in [7, 11) is 0. The van der Waals surface area contributed by atoms with Crippen LogP contribution in [0.25, 0.3) is 0 Å². The molecule has 0 fully saturated rings. The fraction of sp³-hybridized carbons (Fsp3) is 0.364. The predicted molar refractivity (Wildman–Crippen MR) is 52.7 cm³/mol. The summed E-state index contributed by atoms with van der Waals surface area (Å²) in [4.78, 5) is 10.2. The van der Waals surface area contributed by atoms with Crippen molar-refractivity contribution in [3.8, 4) is 0 Å². The number of hydrogen-bond acceptors (Lipinski definition) is 1. The fourth-order valence-corrected chi connectivity index (χ4v) is 1.45. The molecule has 0 atom stereocenters. The van der Waals surface area contributed by atoms with Gasteiger partial charge in [0, 0.05) is 6.42 Å². The minimum Gasteiger partial charge on any atom is -0.477 e. The number of aliphatic carboxylic acids is 1. The van der Waals surface area contributed by atoms with Gasteiger partial charge in [-0.3, -0.25) is 0 Å². The van der Waals surface area contributed by atoms with Gasteiger partial charge in [-0.2, -0.15) is 35.1 Å². The molecule has 0 aliphatic rings. The highest BCUT2D eigenvalue weighted by Crippen LogP contribution is 2.37. The Morgan fingerprint density at radius 2 is 1.24 bits per heavy atom. The second kappa shape index (κ2) is 5.15. The van der Waals surface area contributed by atoms with Gasteiger partial charge in [0.2, 0.25) is 0 Å². The second-order valence-corrected chi connectivity index (χ2v) is 4.10. The van der Waals surface area contributed by atoms with Gasteiger partial charge in [-0.25, -0.2) is 4.79 Å². The topological polar surface area (TPSA) is 37.3 Å². The van der Waals surface area contributed by atoms with E-state index in [4.69, 9.17) is 5.11 Å². The van der Waals surface area contributed by atoms with Gasteiger partial charge >= 0.3 is 24.2 Å². The van der Waals surface area contributed by atoms with Gasteiger partial charge < -0.3 is 5.11 Å². The molecule has 0 bridgehead atoms. The molecule has 0 aliphatic carbocycles. The van der Waals surface area contributed by atoms with Gasteiger partial charge in [0.05, 0.1) is 11.1 Å². The highest BCUT2D eigenvalue weighted by Gasteiger charge is 2.41. The van der Waals surface area contributed by atoms with Gasteiger partial charge in [0.15, 0.2) is 0 Å². The molecule has 0 radical (unpaired) electrons. The molecule has 2 nitrogen and oxygen atoms in total. The van der Waals surface area contributed by atoms with Crippen LogP contribution in [0.5, 0.6) is 0 Å². The average molecular weight is 322 g/mol. The summed E-state index contributed by atoms with van der Waals surface area (Å²) in [6, 6.07) is -0.111. The Kier molecular flexibility index (Phi) is 4.22. The molecule has 1 N–H and O–H groups in total. The first-order chi connectivity index (χ1) is 9.23. The summed E-state index contributed by atoms with van der Waals surface area (Å²) in [6.07, 6.45) is -12.2. The van der Waals surface area contributed by atoms with E-state index in [1.807, 2.05) is 0 Å². The van der Waals surface area contributed by atoms with E-state index in [-0.39, 0.29) is 18.2 Å². The lowest BCUT2D eigenvalue weighted by molar-refractivity contribution is -0.164. The van der Waals surface area contributed by atoms with E-state index in [1.54, 1.807) is 0 Å². The van der Waals surface area contributed by atoms with Crippen molar-refractivity contribution in [3.05, 3.63) is 34.9 Å². The van der Waals surface area contributed by atoms with E-state index in [2.05, 4.69) is 0 Å². The predicted octanol–water partition coefficient (Wildman–Crippen LogP) is 3.99. The Bertz CT molecular complexity index is 512. The summed E-state index contributed by atoms with van der Waals surface area (Å²) in [5.41, 5.74) is -4.65. The van der Waals surface area contributed by atoms with Crippen molar-refractivity contribution in [3.63, 3.8) is 0 Å². The SMILES string of the molecule is O=C(O)C(F)(F)Cc1cc(C(F)(F)F)cc(C(F)(F)F)c1. The van der Waals surface area contributed by atoms with Gasteiger partial charge in [0.25, 0.3) is 0 Å². The highest BCUT2D eigenvalue weighted by atomic mass is 19.4. The van der Waals surface area contributed by atoms with Crippen molar-refractivity contribution in [2.24, 2.45) is 0 Å². The Morgan fingerprint density at radius 3 is 1.52 bits per heavy atom. The van der Waals surface area contributed by atoms with Crippen LogP contribution in [0.3, 0.4) is 0 Å². The number of carboxylic acids is 1. The Hall–Kier alpha value is -1.87. The molecule has 118 valence electrons. The number of alkyl halides is 8. The third-order valence-corrected chi connectivity index (χ3v) is 2.39. The molecular weight excluding hydrogens is 316 g/mol. The summed E-state index contributed by atoms with van der Waals surface area (Å²) in [5.74, 6) is -7.12. The highest BCUT2D eigenvalue weighted by molar-refractivity contribution is 5.75. The quantitative estimate of drug-likeness (QED) is 0.855. The maximum absolute atomic E-state index is 12.9. The van der Waals surface area contributed by atoms with Crippen LogP contribution >= 0.6 is 0 Å². The van der Waals surface area contributed by atoms with Gasteiger partial charge in [-0.15, -0.1) is 0 Å². The van der Waals surface area contributed by atoms with E-state index in [9.17, 15) is 39.9 Å². The van der Waals surface area contributed by atoms with Crippen molar-refractivity contribution in [1.29, 1.82) is 0 Å². The van der Waals surface area contributed by atoms with E-state index in [0.29, 0.717) is 0 Å². The van der Waals surface area contributed by atoms with E-state index in [1.165, 1.54) is 0 Å². The Labute approximate surface area is 112 Å². The van der Waals surface area contributed by atoms with Crippen LogP contribution in [-0.2, 0) is 23.6 Å². The maximum Gasteiger partial charge on any atom is 0.416 e. The molecule has 1 rings (SSSR count). The zero-order valence-corrected chi connectivity index (χ0v) is 9.82. The molecule has 0 aliphatic heterocycles. The third-order valence-electron chi connectivity index (χ3n) is 2.39. The molecule has 1 aromatic rings. The van der Waals surface area contributed by atoms with Crippen LogP contribution < -0.4 is 0 Å². The largest absolute Gasteiger partial charge is 0.477 e. The van der Waals surface area contributed by atoms with Crippen LogP contribution in [0.2, 0.25) is 0 Å². The Morgan fingerprint density at radius 1 is 0.857 bits per heavy atom. The van der Waals surface area contributed by atoms with E-state index >= 15 is 0 Å².